The Hall–Kier alpha value is -4.00. The summed E-state index contributed by atoms with van der Waals surface area (Å²) in [4.78, 5) is 28.5. The van der Waals surface area contributed by atoms with Crippen LogP contribution >= 0.6 is 11.3 Å². The van der Waals surface area contributed by atoms with Crippen molar-refractivity contribution in [2.24, 2.45) is 0 Å². The third-order valence-corrected chi connectivity index (χ3v) is 9.05. The number of hydrogen-bond acceptors (Lipinski definition) is 8. The zero-order valence-electron chi connectivity index (χ0n) is 22.6. The lowest BCUT2D eigenvalue weighted by Gasteiger charge is -2.41. The Morgan fingerprint density at radius 1 is 1.20 bits per heavy atom. The molecule has 8 nitrogen and oxygen atoms in total. The summed E-state index contributed by atoms with van der Waals surface area (Å²) in [6.45, 7) is 6.83. The molecule has 9 heteroatoms. The lowest BCUT2D eigenvalue weighted by atomic mass is 10.0. The Balaban J connectivity index is 1.39. The predicted octanol–water partition coefficient (Wildman–Crippen LogP) is 5.10. The highest BCUT2D eigenvalue weighted by Crippen LogP contribution is 2.36. The maximum Gasteiger partial charge on any atom is 0.319 e. The van der Waals surface area contributed by atoms with E-state index in [1.807, 2.05) is 0 Å². The highest BCUT2D eigenvalue weighted by molar-refractivity contribution is 7.17. The molecule has 0 unspecified atom stereocenters. The number of ether oxygens (including phenoxy) is 1. The van der Waals surface area contributed by atoms with Gasteiger partial charge in [0.2, 0.25) is 5.91 Å². The van der Waals surface area contributed by atoms with Crippen molar-refractivity contribution in [1.82, 2.24) is 19.8 Å². The fraction of sp³-hybridized carbons (Fsp3) is 0.355. The molecule has 4 heterocycles. The molecule has 204 valence electrons. The second-order valence-corrected chi connectivity index (χ2v) is 11.4. The summed E-state index contributed by atoms with van der Waals surface area (Å²) in [6.07, 6.45) is 3.83. The summed E-state index contributed by atoms with van der Waals surface area (Å²) in [5, 5.41) is 13.7. The van der Waals surface area contributed by atoms with Crippen molar-refractivity contribution < 1.29 is 9.53 Å². The number of nitrogens with zero attached hydrogens (tertiary/aromatic N) is 6. The molecule has 1 amide bonds. The quantitative estimate of drug-likeness (QED) is 0.295. The minimum Gasteiger partial charge on any atom is -0.462 e. The maximum atomic E-state index is 12.5. The van der Waals surface area contributed by atoms with Crippen molar-refractivity contribution in [3.8, 4) is 23.2 Å². The van der Waals surface area contributed by atoms with Crippen LogP contribution < -0.4 is 9.64 Å². The summed E-state index contributed by atoms with van der Waals surface area (Å²) in [6, 6.07) is 17.5. The van der Waals surface area contributed by atoms with E-state index in [1.54, 1.807) is 16.2 Å². The van der Waals surface area contributed by atoms with E-state index in [-0.39, 0.29) is 18.4 Å². The van der Waals surface area contributed by atoms with E-state index in [4.69, 9.17) is 14.7 Å². The highest BCUT2D eigenvalue weighted by atomic mass is 32.1. The monoisotopic (exact) mass is 552 g/mol. The molecule has 6 rings (SSSR count). The van der Waals surface area contributed by atoms with E-state index in [0.29, 0.717) is 38.3 Å². The van der Waals surface area contributed by atoms with Crippen LogP contribution in [0.1, 0.15) is 19.3 Å². The van der Waals surface area contributed by atoms with Gasteiger partial charge in [-0.25, -0.2) is 0 Å². The number of amides is 1. The van der Waals surface area contributed by atoms with Crippen LogP contribution in [-0.4, -0.2) is 77.6 Å². The number of aromatic nitrogens is 2. The summed E-state index contributed by atoms with van der Waals surface area (Å²) in [5.41, 5.74) is 3.08. The molecule has 2 aromatic heterocycles. The minimum absolute atomic E-state index is 0.149. The normalized spacial score (nSPS) is 19.7. The molecule has 0 radical (unpaired) electrons. The molecule has 0 saturated carbocycles. The average Bonchev–Trinajstić information content (AvgIpc) is 3.63. The number of fused-ring (bicyclic) bond motifs is 2. The molecule has 2 saturated heterocycles. The van der Waals surface area contributed by atoms with Crippen molar-refractivity contribution >= 4 is 44.1 Å². The van der Waals surface area contributed by atoms with Crippen molar-refractivity contribution in [3.05, 3.63) is 60.5 Å². The number of nitriles is 1. The van der Waals surface area contributed by atoms with Gasteiger partial charge in [0.05, 0.1) is 24.0 Å². The number of carbonyl (C=O) groups is 1. The van der Waals surface area contributed by atoms with Crippen LogP contribution in [-0.2, 0) is 4.79 Å². The van der Waals surface area contributed by atoms with Crippen LogP contribution in [0, 0.1) is 11.3 Å². The molecule has 2 aromatic carbocycles. The molecule has 2 atom stereocenters. The number of likely N-dealkylation sites (N-methyl/N-ethyl adjacent to an activating group) is 1. The van der Waals surface area contributed by atoms with E-state index < -0.39 is 0 Å². The fourth-order valence-corrected chi connectivity index (χ4v) is 6.82. The first kappa shape index (κ1) is 26.2. The number of thiophene rings is 1. The molecule has 0 N–H and O–H groups in total. The van der Waals surface area contributed by atoms with Crippen molar-refractivity contribution in [2.75, 3.05) is 44.7 Å². The Bertz CT molecular complexity index is 1610. The van der Waals surface area contributed by atoms with Crippen LogP contribution in [0.2, 0.25) is 0 Å². The molecule has 2 aliphatic heterocycles. The molecule has 0 aliphatic carbocycles. The highest BCUT2D eigenvalue weighted by Gasteiger charge is 2.31. The molecule has 40 heavy (non-hydrogen) atoms. The molecule has 2 aliphatic rings. The third kappa shape index (κ3) is 5.01. The summed E-state index contributed by atoms with van der Waals surface area (Å²) < 4.78 is 7.49. The van der Waals surface area contributed by atoms with E-state index >= 15 is 0 Å². The number of carbonyl (C=O) groups excluding carboxylic acids is 1. The van der Waals surface area contributed by atoms with Gasteiger partial charge in [-0.1, -0.05) is 30.8 Å². The SMILES string of the molecule is C=CC(=O)N1CCN(c2nc(OC[C@@H]3CCCN3C)nc3cc(-c4cccc5ccsc45)ccc23)C[C@@H]1CC#N. The van der Waals surface area contributed by atoms with Crippen LogP contribution in [0.3, 0.4) is 0 Å². The smallest absolute Gasteiger partial charge is 0.319 e. The van der Waals surface area contributed by atoms with Gasteiger partial charge in [0, 0.05) is 35.8 Å². The number of likely N-dealkylation sites (tertiary alicyclic amines) is 1. The summed E-state index contributed by atoms with van der Waals surface area (Å²) in [7, 11) is 2.13. The summed E-state index contributed by atoms with van der Waals surface area (Å²) in [5.74, 6) is 0.624. The van der Waals surface area contributed by atoms with Crippen LogP contribution in [0.5, 0.6) is 6.01 Å². The molecular weight excluding hydrogens is 520 g/mol. The second kappa shape index (κ2) is 11.2. The standard InChI is InChI=1S/C31H32N6O2S/c1-3-28(38)37-16-15-36(19-23(37)11-13-32)30-26-10-9-22(25-8-4-6-21-12-17-40-29(21)25)18-27(26)33-31(34-30)39-20-24-7-5-14-35(24)2/h3-4,6,8-10,12,17-18,23-24H,1,5,7,11,14-16,19-20H2,2H3/t23-,24-/m0/s1. The maximum absolute atomic E-state index is 12.5. The second-order valence-electron chi connectivity index (χ2n) is 10.5. The Labute approximate surface area is 238 Å². The number of hydrogen-bond donors (Lipinski definition) is 0. The van der Waals surface area contributed by atoms with E-state index in [1.165, 1.54) is 28.1 Å². The van der Waals surface area contributed by atoms with Crippen molar-refractivity contribution in [3.63, 3.8) is 0 Å². The fourth-order valence-electron chi connectivity index (χ4n) is 5.88. The number of piperazine rings is 1. The van der Waals surface area contributed by atoms with Gasteiger partial charge in [0.15, 0.2) is 0 Å². The van der Waals surface area contributed by atoms with E-state index in [9.17, 15) is 10.1 Å². The first-order valence-corrected chi connectivity index (χ1v) is 14.6. The molecule has 4 aromatic rings. The van der Waals surface area contributed by atoms with Gasteiger partial charge in [-0.15, -0.1) is 11.3 Å². The summed E-state index contributed by atoms with van der Waals surface area (Å²) >= 11 is 1.74. The molecular formula is C31H32N6O2S. The van der Waals surface area contributed by atoms with E-state index in [0.717, 1.165) is 35.2 Å². The van der Waals surface area contributed by atoms with Crippen molar-refractivity contribution in [1.29, 1.82) is 5.26 Å². The molecule has 0 bridgehead atoms. The Morgan fingerprint density at radius 3 is 2.90 bits per heavy atom. The Morgan fingerprint density at radius 2 is 2.10 bits per heavy atom. The number of anilines is 1. The predicted molar refractivity (Wildman–Crippen MR) is 160 cm³/mol. The van der Waals surface area contributed by atoms with Gasteiger partial charge in [-0.3, -0.25) is 4.79 Å². The van der Waals surface area contributed by atoms with Crippen LogP contribution in [0.4, 0.5) is 5.82 Å². The first-order chi connectivity index (χ1) is 19.6. The Kier molecular flexibility index (Phi) is 7.37. The van der Waals surface area contributed by atoms with Crippen molar-refractivity contribution in [2.45, 2.75) is 31.3 Å². The number of rotatable bonds is 7. The largest absolute Gasteiger partial charge is 0.462 e. The van der Waals surface area contributed by atoms with Gasteiger partial charge in [0.25, 0.3) is 0 Å². The van der Waals surface area contributed by atoms with Crippen LogP contribution in [0.15, 0.2) is 60.5 Å². The minimum atomic E-state index is -0.249. The molecule has 2 fully saturated rings. The van der Waals surface area contributed by atoms with Gasteiger partial charge in [-0.2, -0.15) is 15.2 Å². The lowest BCUT2D eigenvalue weighted by Crippen LogP contribution is -2.55. The molecule has 0 spiro atoms. The van der Waals surface area contributed by atoms with Crippen LogP contribution in [0.25, 0.3) is 32.1 Å². The van der Waals surface area contributed by atoms with E-state index in [2.05, 4.69) is 77.3 Å². The van der Waals surface area contributed by atoms with Gasteiger partial charge in [-0.05, 0) is 72.6 Å². The first-order valence-electron chi connectivity index (χ1n) is 13.7. The van der Waals surface area contributed by atoms with Gasteiger partial charge >= 0.3 is 6.01 Å². The number of benzene rings is 2. The average molecular weight is 553 g/mol. The zero-order chi connectivity index (χ0) is 27.6. The zero-order valence-corrected chi connectivity index (χ0v) is 23.4. The van der Waals surface area contributed by atoms with Gasteiger partial charge in [0.1, 0.15) is 12.4 Å². The third-order valence-electron chi connectivity index (χ3n) is 8.09. The lowest BCUT2D eigenvalue weighted by molar-refractivity contribution is -0.128. The van der Waals surface area contributed by atoms with Gasteiger partial charge < -0.3 is 19.4 Å². The topological polar surface area (TPSA) is 85.6 Å².